The van der Waals surface area contributed by atoms with Gasteiger partial charge < -0.3 is 14.8 Å². The number of alkyl carbamates (subject to hydrolysis) is 1. The van der Waals surface area contributed by atoms with E-state index in [0.717, 1.165) is 16.8 Å². The minimum Gasteiger partial charge on any atom is -0.464 e. The lowest BCUT2D eigenvalue weighted by Crippen LogP contribution is -2.52. The molecule has 0 fully saturated rings. The molecule has 7 heteroatoms. The Hall–Kier alpha value is -2.57. The molecule has 3 rings (SSSR count). The van der Waals surface area contributed by atoms with Crippen LogP contribution >= 0.6 is 0 Å². The van der Waals surface area contributed by atoms with Gasteiger partial charge in [-0.05, 0) is 30.9 Å². The van der Waals surface area contributed by atoms with Gasteiger partial charge in [-0.15, -0.1) is 0 Å². The second kappa shape index (κ2) is 6.51. The highest BCUT2D eigenvalue weighted by Crippen LogP contribution is 2.39. The Labute approximate surface area is 139 Å². The molecule has 7 nitrogen and oxygen atoms in total. The average molecular weight is 332 g/mol. The van der Waals surface area contributed by atoms with Crippen molar-refractivity contribution in [2.45, 2.75) is 38.3 Å². The summed E-state index contributed by atoms with van der Waals surface area (Å²) in [6.07, 6.45) is 0.858. The van der Waals surface area contributed by atoms with Gasteiger partial charge in [0.05, 0.1) is 19.4 Å². The Morgan fingerprint density at radius 1 is 1.33 bits per heavy atom. The molecular weight excluding hydrogens is 312 g/mol. The third-order valence-electron chi connectivity index (χ3n) is 4.44. The molecule has 0 spiro atoms. The molecule has 24 heavy (non-hydrogen) atoms. The van der Waals surface area contributed by atoms with Gasteiger partial charge in [-0.1, -0.05) is 18.2 Å². The van der Waals surface area contributed by atoms with Crippen molar-refractivity contribution in [1.82, 2.24) is 5.32 Å². The van der Waals surface area contributed by atoms with E-state index in [1.165, 1.54) is 12.0 Å². The first-order valence-corrected chi connectivity index (χ1v) is 8.01. The van der Waals surface area contributed by atoms with Crippen LogP contribution in [-0.4, -0.2) is 43.8 Å². The van der Waals surface area contributed by atoms with Crippen molar-refractivity contribution in [3.8, 4) is 0 Å². The maximum atomic E-state index is 13.0. The van der Waals surface area contributed by atoms with Crippen LogP contribution in [-0.2, 0) is 31.9 Å². The normalized spacial score (nSPS) is 21.8. The van der Waals surface area contributed by atoms with Gasteiger partial charge in [0.1, 0.15) is 12.1 Å². The lowest BCUT2D eigenvalue weighted by molar-refractivity contribution is -0.145. The molecule has 0 saturated heterocycles. The fourth-order valence-electron chi connectivity index (χ4n) is 3.39. The Kier molecular flexibility index (Phi) is 4.42. The van der Waals surface area contributed by atoms with Crippen LogP contribution in [0.1, 0.15) is 24.5 Å². The first-order chi connectivity index (χ1) is 11.6. The molecule has 1 N–H and O–H groups in total. The molecule has 0 bridgehead atoms. The molecular formula is C17H20N2O5. The Balaban J connectivity index is 1.98. The number of rotatable bonds is 3. The fraction of sp³-hybridized carbons (Fsp3) is 0.471. The molecule has 1 aromatic carbocycles. The van der Waals surface area contributed by atoms with E-state index < -0.39 is 24.1 Å². The molecule has 1 aromatic rings. The molecule has 2 aliphatic rings. The summed E-state index contributed by atoms with van der Waals surface area (Å²) in [5, 5.41) is 2.57. The summed E-state index contributed by atoms with van der Waals surface area (Å²) in [4.78, 5) is 38.4. The van der Waals surface area contributed by atoms with Gasteiger partial charge in [-0.25, -0.2) is 9.59 Å². The third kappa shape index (κ3) is 2.70. The van der Waals surface area contributed by atoms with E-state index in [4.69, 9.17) is 4.74 Å². The first kappa shape index (κ1) is 16.3. The number of carbonyl (C=O) groups is 3. The van der Waals surface area contributed by atoms with Crippen LogP contribution in [0.4, 0.5) is 10.5 Å². The highest BCUT2D eigenvalue weighted by molar-refractivity contribution is 6.06. The smallest absolute Gasteiger partial charge is 0.407 e. The summed E-state index contributed by atoms with van der Waals surface area (Å²) < 4.78 is 9.74. The second-order valence-corrected chi connectivity index (χ2v) is 5.83. The third-order valence-corrected chi connectivity index (χ3v) is 4.44. The highest BCUT2D eigenvalue weighted by Gasteiger charge is 2.44. The van der Waals surface area contributed by atoms with Crippen molar-refractivity contribution in [3.63, 3.8) is 0 Å². The number of aryl methyl sites for hydroxylation is 1. The van der Waals surface area contributed by atoms with Crippen molar-refractivity contribution in [3.05, 3.63) is 29.3 Å². The van der Waals surface area contributed by atoms with Gasteiger partial charge in [-0.3, -0.25) is 9.69 Å². The van der Waals surface area contributed by atoms with Crippen molar-refractivity contribution >= 4 is 23.7 Å². The zero-order valence-electron chi connectivity index (χ0n) is 13.7. The number of hydrogen-bond donors (Lipinski definition) is 1. The predicted octanol–water partition coefficient (Wildman–Crippen LogP) is 1.18. The van der Waals surface area contributed by atoms with Crippen molar-refractivity contribution in [1.29, 1.82) is 0 Å². The van der Waals surface area contributed by atoms with Gasteiger partial charge >= 0.3 is 12.1 Å². The summed E-state index contributed by atoms with van der Waals surface area (Å²) in [6.45, 7) is 1.99. The molecule has 2 amide bonds. The Morgan fingerprint density at radius 2 is 2.08 bits per heavy atom. The lowest BCUT2D eigenvalue weighted by atomic mass is 10.0. The number of nitrogens with zero attached hydrogens (tertiary/aromatic N) is 1. The SMILES string of the molecule is CCOC(=O)[C@@H]1Cc2cccc3c2N1C(=O)[C@@H](NC(=O)OC)CC3. The number of methoxy groups -OCH3 is 1. The van der Waals surface area contributed by atoms with Crippen LogP contribution < -0.4 is 10.2 Å². The molecule has 2 aliphatic heterocycles. The van der Waals surface area contributed by atoms with E-state index >= 15 is 0 Å². The van der Waals surface area contributed by atoms with Crippen LogP contribution in [0.2, 0.25) is 0 Å². The van der Waals surface area contributed by atoms with Gasteiger partial charge in [0.2, 0.25) is 0 Å². The number of anilines is 1. The van der Waals surface area contributed by atoms with Crippen LogP contribution in [0.5, 0.6) is 0 Å². The molecule has 128 valence electrons. The van der Waals surface area contributed by atoms with E-state index in [2.05, 4.69) is 10.1 Å². The molecule has 2 heterocycles. The molecule has 0 aromatic heterocycles. The zero-order valence-corrected chi connectivity index (χ0v) is 13.7. The predicted molar refractivity (Wildman–Crippen MR) is 85.7 cm³/mol. The molecule has 0 aliphatic carbocycles. The van der Waals surface area contributed by atoms with E-state index in [1.54, 1.807) is 6.92 Å². The number of para-hydroxylation sites is 1. The topological polar surface area (TPSA) is 84.9 Å². The summed E-state index contributed by atoms with van der Waals surface area (Å²) >= 11 is 0. The lowest BCUT2D eigenvalue weighted by Gasteiger charge is -2.26. The van der Waals surface area contributed by atoms with Gasteiger partial charge in [0.15, 0.2) is 0 Å². The minimum atomic E-state index is -0.729. The zero-order chi connectivity index (χ0) is 17.3. The summed E-state index contributed by atoms with van der Waals surface area (Å²) in [5.41, 5.74) is 2.74. The van der Waals surface area contributed by atoms with E-state index in [0.29, 0.717) is 19.3 Å². The quantitative estimate of drug-likeness (QED) is 0.840. The van der Waals surface area contributed by atoms with Crippen molar-refractivity contribution < 1.29 is 23.9 Å². The first-order valence-electron chi connectivity index (χ1n) is 8.01. The summed E-state index contributed by atoms with van der Waals surface area (Å²) in [7, 11) is 1.25. The van der Waals surface area contributed by atoms with Crippen molar-refractivity contribution in [2.24, 2.45) is 0 Å². The standard InChI is InChI=1S/C17H20N2O5/c1-3-24-16(21)13-9-11-6-4-5-10-7-8-12(18-17(22)23-2)15(20)19(13)14(10)11/h4-6,12-13H,3,7-9H2,1-2H3,(H,18,22)/t12-,13-/m0/s1. The number of carbonyl (C=O) groups excluding carboxylic acids is 3. The molecule has 0 unspecified atom stereocenters. The van der Waals surface area contributed by atoms with Crippen LogP contribution in [0.3, 0.4) is 0 Å². The monoisotopic (exact) mass is 332 g/mol. The largest absolute Gasteiger partial charge is 0.464 e. The number of hydrogen-bond acceptors (Lipinski definition) is 5. The number of benzene rings is 1. The van der Waals surface area contributed by atoms with Crippen LogP contribution in [0, 0.1) is 0 Å². The van der Waals surface area contributed by atoms with Crippen LogP contribution in [0.15, 0.2) is 18.2 Å². The average Bonchev–Trinajstić information content (AvgIpc) is 2.91. The van der Waals surface area contributed by atoms with E-state index in [1.807, 2.05) is 18.2 Å². The molecule has 0 saturated carbocycles. The van der Waals surface area contributed by atoms with E-state index in [-0.39, 0.29) is 12.5 Å². The molecule has 2 atom stereocenters. The maximum absolute atomic E-state index is 13.0. The van der Waals surface area contributed by atoms with Gasteiger partial charge in [-0.2, -0.15) is 0 Å². The van der Waals surface area contributed by atoms with E-state index in [9.17, 15) is 14.4 Å². The number of amides is 2. The van der Waals surface area contributed by atoms with Crippen molar-refractivity contribution in [2.75, 3.05) is 18.6 Å². The van der Waals surface area contributed by atoms with Gasteiger partial charge in [0, 0.05) is 6.42 Å². The second-order valence-electron chi connectivity index (χ2n) is 5.83. The minimum absolute atomic E-state index is 0.254. The number of ether oxygens (including phenoxy) is 2. The highest BCUT2D eigenvalue weighted by atomic mass is 16.5. The van der Waals surface area contributed by atoms with Crippen LogP contribution in [0.25, 0.3) is 0 Å². The Bertz CT molecular complexity index is 688. The van der Waals surface area contributed by atoms with Gasteiger partial charge in [0.25, 0.3) is 5.91 Å². The maximum Gasteiger partial charge on any atom is 0.407 e. The molecule has 0 radical (unpaired) electrons. The fourth-order valence-corrected chi connectivity index (χ4v) is 3.39. The Morgan fingerprint density at radius 3 is 2.79 bits per heavy atom. The number of nitrogens with one attached hydrogen (secondary N) is 1. The summed E-state index contributed by atoms with van der Waals surface area (Å²) in [5.74, 6) is -0.728. The number of esters is 1. The summed E-state index contributed by atoms with van der Waals surface area (Å²) in [6, 6.07) is 4.39.